The summed E-state index contributed by atoms with van der Waals surface area (Å²) in [6.45, 7) is 13.3. The Labute approximate surface area is 158 Å². The van der Waals surface area contributed by atoms with Gasteiger partial charge in [0.2, 0.25) is 0 Å². The van der Waals surface area contributed by atoms with Crippen molar-refractivity contribution >= 4 is 0 Å². The van der Waals surface area contributed by atoms with Gasteiger partial charge in [0.1, 0.15) is 0 Å². The van der Waals surface area contributed by atoms with E-state index >= 15 is 0 Å². The van der Waals surface area contributed by atoms with Gasteiger partial charge in [-0.25, -0.2) is 0 Å². The third-order valence-electron chi connectivity index (χ3n) is 1.83. The SMILES string of the molecule is CC.CC.CCCCc1cn(CCC)nn1.[CH3-].[K+]. The van der Waals surface area contributed by atoms with Crippen molar-refractivity contribution in [1.82, 2.24) is 15.0 Å². The standard InChI is InChI=1S/C9H17N3.2C2H6.CH3.K/c1-3-5-6-9-8-12(7-4-2)11-10-9;2*1-2;;/h8H,3-7H2,1-2H3;2*1-2H3;1H3;/q;;;-1;+1. The van der Waals surface area contributed by atoms with Gasteiger partial charge in [0.05, 0.1) is 5.69 Å². The van der Waals surface area contributed by atoms with E-state index in [1.165, 1.54) is 12.8 Å². The van der Waals surface area contributed by atoms with Crippen LogP contribution < -0.4 is 51.4 Å². The van der Waals surface area contributed by atoms with Gasteiger partial charge in [0.25, 0.3) is 0 Å². The van der Waals surface area contributed by atoms with Crippen LogP contribution >= 0.6 is 0 Å². The fourth-order valence-electron chi connectivity index (χ4n) is 1.15. The number of aryl methyl sites for hydroxylation is 2. The molecule has 1 aromatic heterocycles. The van der Waals surface area contributed by atoms with Gasteiger partial charge in [-0.2, -0.15) is 0 Å². The largest absolute Gasteiger partial charge is 1.00 e. The molecule has 0 aliphatic rings. The van der Waals surface area contributed by atoms with Gasteiger partial charge in [-0.3, -0.25) is 4.68 Å². The number of rotatable bonds is 5. The molecule has 104 valence electrons. The van der Waals surface area contributed by atoms with E-state index in [9.17, 15) is 0 Å². The third-order valence-corrected chi connectivity index (χ3v) is 1.83. The van der Waals surface area contributed by atoms with Gasteiger partial charge in [0.15, 0.2) is 0 Å². The van der Waals surface area contributed by atoms with Crippen LogP contribution in [0.15, 0.2) is 6.20 Å². The summed E-state index contributed by atoms with van der Waals surface area (Å²) in [7, 11) is 0. The van der Waals surface area contributed by atoms with Crippen molar-refractivity contribution in [3.05, 3.63) is 19.3 Å². The summed E-state index contributed by atoms with van der Waals surface area (Å²) < 4.78 is 1.92. The second-order valence-corrected chi connectivity index (χ2v) is 3.08. The predicted molar refractivity (Wildman–Crippen MR) is 78.0 cm³/mol. The van der Waals surface area contributed by atoms with Crippen LogP contribution in [-0.2, 0) is 13.0 Å². The molecule has 0 atom stereocenters. The first-order valence-electron chi connectivity index (χ1n) is 6.75. The van der Waals surface area contributed by atoms with Crippen LogP contribution in [0.1, 0.15) is 66.5 Å². The van der Waals surface area contributed by atoms with E-state index in [2.05, 4.69) is 30.4 Å². The Kier molecular flexibility index (Phi) is 34.6. The summed E-state index contributed by atoms with van der Waals surface area (Å²) >= 11 is 0. The average molecular weight is 282 g/mol. The van der Waals surface area contributed by atoms with E-state index in [4.69, 9.17) is 0 Å². The van der Waals surface area contributed by atoms with Gasteiger partial charge >= 0.3 is 51.4 Å². The number of hydrogen-bond donors (Lipinski definition) is 0. The minimum atomic E-state index is 0. The molecule has 0 radical (unpaired) electrons. The van der Waals surface area contributed by atoms with Gasteiger partial charge in [-0.05, 0) is 19.3 Å². The summed E-state index contributed by atoms with van der Waals surface area (Å²) in [5.41, 5.74) is 1.13. The maximum absolute atomic E-state index is 4.09. The number of unbranched alkanes of at least 4 members (excludes halogenated alkanes) is 1. The van der Waals surface area contributed by atoms with Crippen molar-refractivity contribution in [2.24, 2.45) is 0 Å². The average Bonchev–Trinajstić information content (AvgIpc) is 2.80. The second kappa shape index (κ2) is 22.9. The van der Waals surface area contributed by atoms with Crippen LogP contribution in [0, 0.1) is 7.43 Å². The molecule has 0 saturated heterocycles. The Morgan fingerprint density at radius 1 is 1.06 bits per heavy atom. The summed E-state index contributed by atoms with van der Waals surface area (Å²) in [6.07, 6.45) is 6.68. The van der Waals surface area contributed by atoms with E-state index in [1.54, 1.807) is 0 Å². The second-order valence-electron chi connectivity index (χ2n) is 3.08. The van der Waals surface area contributed by atoms with Crippen molar-refractivity contribution in [3.63, 3.8) is 0 Å². The maximum atomic E-state index is 4.09. The van der Waals surface area contributed by atoms with Gasteiger partial charge in [-0.15, -0.1) is 5.10 Å². The van der Waals surface area contributed by atoms with Crippen LogP contribution in [0.2, 0.25) is 0 Å². The summed E-state index contributed by atoms with van der Waals surface area (Å²) in [4.78, 5) is 0. The van der Waals surface area contributed by atoms with E-state index in [0.29, 0.717) is 0 Å². The Bertz CT molecular complexity index is 225. The molecule has 0 spiro atoms. The predicted octanol–water partition coefficient (Wildman–Crippen LogP) is 1.54. The van der Waals surface area contributed by atoms with Crippen LogP contribution in [0.25, 0.3) is 0 Å². The van der Waals surface area contributed by atoms with Crippen molar-refractivity contribution in [1.29, 1.82) is 0 Å². The summed E-state index contributed by atoms with van der Waals surface area (Å²) in [6, 6.07) is 0. The molecule has 0 saturated carbocycles. The fourth-order valence-corrected chi connectivity index (χ4v) is 1.15. The number of aromatic nitrogens is 3. The molecule has 4 heteroatoms. The Hall–Kier alpha value is 0.776. The molecule has 0 aromatic carbocycles. The number of hydrogen-bond acceptors (Lipinski definition) is 2. The van der Waals surface area contributed by atoms with E-state index in [0.717, 1.165) is 25.1 Å². The first-order chi connectivity index (χ1) is 7.86. The van der Waals surface area contributed by atoms with Crippen LogP contribution in [-0.4, -0.2) is 15.0 Å². The topological polar surface area (TPSA) is 30.7 Å². The molecule has 1 heterocycles. The third kappa shape index (κ3) is 14.8. The minimum Gasteiger partial charge on any atom is -0.358 e. The van der Waals surface area contributed by atoms with E-state index in [-0.39, 0.29) is 58.8 Å². The Morgan fingerprint density at radius 2 is 1.61 bits per heavy atom. The molecular formula is C14H32KN3. The van der Waals surface area contributed by atoms with Crippen LogP contribution in [0.5, 0.6) is 0 Å². The molecule has 0 aliphatic carbocycles. The van der Waals surface area contributed by atoms with Gasteiger partial charge in [0, 0.05) is 12.7 Å². The molecule has 18 heavy (non-hydrogen) atoms. The van der Waals surface area contributed by atoms with Crippen molar-refractivity contribution in [2.45, 2.75) is 73.8 Å². The zero-order chi connectivity index (χ0) is 12.8. The first-order valence-corrected chi connectivity index (χ1v) is 6.75. The molecule has 0 unspecified atom stereocenters. The van der Waals surface area contributed by atoms with Crippen molar-refractivity contribution in [2.75, 3.05) is 0 Å². The molecule has 1 rings (SSSR count). The Balaban J connectivity index is -0.000000149. The van der Waals surface area contributed by atoms with Gasteiger partial charge in [-0.1, -0.05) is 53.2 Å². The maximum Gasteiger partial charge on any atom is 1.00 e. The van der Waals surface area contributed by atoms with E-state index in [1.807, 2.05) is 32.4 Å². The van der Waals surface area contributed by atoms with Crippen LogP contribution in [0.4, 0.5) is 0 Å². The molecule has 0 N–H and O–H groups in total. The molecule has 3 nitrogen and oxygen atoms in total. The molecule has 1 aromatic rings. The molecular weight excluding hydrogens is 249 g/mol. The molecule has 0 bridgehead atoms. The molecule has 0 aliphatic heterocycles. The summed E-state index contributed by atoms with van der Waals surface area (Å²) in [5.74, 6) is 0. The zero-order valence-electron chi connectivity index (χ0n) is 14.0. The van der Waals surface area contributed by atoms with Crippen molar-refractivity contribution in [3.8, 4) is 0 Å². The van der Waals surface area contributed by atoms with Gasteiger partial charge < -0.3 is 7.43 Å². The Morgan fingerprint density at radius 3 is 2.06 bits per heavy atom. The normalized spacial score (nSPS) is 7.67. The monoisotopic (exact) mass is 281 g/mol. The van der Waals surface area contributed by atoms with E-state index < -0.39 is 0 Å². The quantitative estimate of drug-likeness (QED) is 0.605. The first kappa shape index (κ1) is 27.2. The molecule has 0 fully saturated rings. The fraction of sp³-hybridized carbons (Fsp3) is 0.786. The summed E-state index contributed by atoms with van der Waals surface area (Å²) in [5, 5.41) is 8.11. The minimum absolute atomic E-state index is 0. The smallest absolute Gasteiger partial charge is 0.358 e. The number of nitrogens with zero attached hydrogens (tertiary/aromatic N) is 3. The zero-order valence-corrected chi connectivity index (χ0v) is 17.1. The van der Waals surface area contributed by atoms with Crippen LogP contribution in [0.3, 0.4) is 0 Å². The van der Waals surface area contributed by atoms with Crippen molar-refractivity contribution < 1.29 is 51.4 Å². The molecule has 0 amide bonds.